The molecule has 2 aliphatic carbocycles. The average molecular weight is 344 g/mol. The Bertz CT molecular complexity index is 733. The van der Waals surface area contributed by atoms with Crippen LogP contribution in [0.25, 0.3) is 0 Å². The highest BCUT2D eigenvalue weighted by Crippen LogP contribution is 2.64. The van der Waals surface area contributed by atoms with Gasteiger partial charge in [0.2, 0.25) is 0 Å². The standard InChI is InChI=1S/C20H24O5/c1-19-9-8-13-18(23)25-15(14-6-4-10-24-14)11-20(13,2)16(19)7-3-5-12(19)17(21)22/h4-6,10,13,15-16H,3,7-9,11H2,1-2H3,(H,21,22)/t13-,15+,16-,19+,20-/m1/s1. The summed E-state index contributed by atoms with van der Waals surface area (Å²) in [6.07, 6.45) is 6.84. The lowest BCUT2D eigenvalue weighted by Gasteiger charge is -2.59. The third-order valence-corrected chi connectivity index (χ3v) is 6.99. The van der Waals surface area contributed by atoms with Crippen molar-refractivity contribution in [2.45, 2.75) is 52.1 Å². The number of allylic oxidation sites excluding steroid dienone is 1. The van der Waals surface area contributed by atoms with Crippen LogP contribution in [-0.4, -0.2) is 17.0 Å². The summed E-state index contributed by atoms with van der Waals surface area (Å²) in [6.45, 7) is 4.22. The zero-order valence-electron chi connectivity index (χ0n) is 14.7. The van der Waals surface area contributed by atoms with E-state index in [1.54, 1.807) is 12.3 Å². The highest BCUT2D eigenvalue weighted by atomic mass is 16.6. The van der Waals surface area contributed by atoms with Gasteiger partial charge >= 0.3 is 11.9 Å². The second-order valence-electron chi connectivity index (χ2n) is 8.21. The van der Waals surface area contributed by atoms with Crippen molar-refractivity contribution in [3.05, 3.63) is 35.8 Å². The minimum atomic E-state index is -0.824. The molecule has 5 nitrogen and oxygen atoms in total. The molecule has 1 saturated heterocycles. The fraction of sp³-hybridized carbons (Fsp3) is 0.600. The highest BCUT2D eigenvalue weighted by Gasteiger charge is 2.61. The second-order valence-corrected chi connectivity index (χ2v) is 8.21. The van der Waals surface area contributed by atoms with Gasteiger partial charge in [-0.3, -0.25) is 4.79 Å². The molecule has 134 valence electrons. The molecule has 5 heteroatoms. The number of fused-ring (bicyclic) bond motifs is 3. The third-order valence-electron chi connectivity index (χ3n) is 6.99. The van der Waals surface area contributed by atoms with Crippen LogP contribution in [0.2, 0.25) is 0 Å². The maximum absolute atomic E-state index is 12.7. The van der Waals surface area contributed by atoms with Gasteiger partial charge in [0.1, 0.15) is 5.76 Å². The molecule has 0 aromatic carbocycles. The molecule has 3 aliphatic rings. The number of furan rings is 1. The molecule has 2 fully saturated rings. The molecule has 0 unspecified atom stereocenters. The molecule has 25 heavy (non-hydrogen) atoms. The maximum Gasteiger partial charge on any atom is 0.331 e. The number of carboxylic acid groups (broad SMARTS) is 1. The predicted molar refractivity (Wildman–Crippen MR) is 89.5 cm³/mol. The lowest BCUT2D eigenvalue weighted by atomic mass is 9.46. The smallest absolute Gasteiger partial charge is 0.331 e. The number of cyclic esters (lactones) is 1. The Balaban J connectivity index is 1.74. The monoisotopic (exact) mass is 344 g/mol. The number of rotatable bonds is 2. The van der Waals surface area contributed by atoms with E-state index in [-0.39, 0.29) is 34.7 Å². The van der Waals surface area contributed by atoms with Crippen molar-refractivity contribution >= 4 is 11.9 Å². The summed E-state index contributed by atoms with van der Waals surface area (Å²) in [5.41, 5.74) is -0.146. The Hall–Kier alpha value is -2.04. The molecule has 0 radical (unpaired) electrons. The van der Waals surface area contributed by atoms with E-state index in [0.717, 1.165) is 19.3 Å². The van der Waals surface area contributed by atoms with Crippen LogP contribution in [0.4, 0.5) is 0 Å². The molecule has 1 N–H and O–H groups in total. The van der Waals surface area contributed by atoms with Gasteiger partial charge in [0.25, 0.3) is 0 Å². The first-order chi connectivity index (χ1) is 11.9. The number of aliphatic carboxylic acids is 1. The van der Waals surface area contributed by atoms with E-state index >= 15 is 0 Å². The van der Waals surface area contributed by atoms with Crippen LogP contribution in [0.1, 0.15) is 57.8 Å². The van der Waals surface area contributed by atoms with Gasteiger partial charge in [0, 0.05) is 11.0 Å². The van der Waals surface area contributed by atoms with Crippen LogP contribution in [0.3, 0.4) is 0 Å². The molecule has 1 aromatic heterocycles. The lowest BCUT2D eigenvalue weighted by Crippen LogP contribution is -2.56. The summed E-state index contributed by atoms with van der Waals surface area (Å²) < 4.78 is 11.2. The van der Waals surface area contributed by atoms with Crippen LogP contribution < -0.4 is 0 Å². The Kier molecular flexibility index (Phi) is 3.60. The van der Waals surface area contributed by atoms with E-state index in [2.05, 4.69) is 13.8 Å². The Morgan fingerprint density at radius 2 is 2.12 bits per heavy atom. The van der Waals surface area contributed by atoms with Crippen molar-refractivity contribution in [2.24, 2.45) is 22.7 Å². The molecule has 0 amide bonds. The number of hydrogen-bond acceptors (Lipinski definition) is 4. The summed E-state index contributed by atoms with van der Waals surface area (Å²) in [6, 6.07) is 3.64. The molecule has 0 spiro atoms. The normalized spacial score (nSPS) is 40.5. The van der Waals surface area contributed by atoms with Crippen LogP contribution in [-0.2, 0) is 14.3 Å². The Morgan fingerprint density at radius 3 is 2.80 bits per heavy atom. The van der Waals surface area contributed by atoms with Crippen LogP contribution >= 0.6 is 0 Å². The first-order valence-corrected chi connectivity index (χ1v) is 9.04. The minimum absolute atomic E-state index is 0.153. The van der Waals surface area contributed by atoms with Crippen molar-refractivity contribution in [3.63, 3.8) is 0 Å². The number of esters is 1. The largest absolute Gasteiger partial charge is 0.478 e. The summed E-state index contributed by atoms with van der Waals surface area (Å²) in [5, 5.41) is 9.70. The summed E-state index contributed by atoms with van der Waals surface area (Å²) in [5.74, 6) is -0.325. The molecule has 1 aromatic rings. The van der Waals surface area contributed by atoms with Gasteiger partial charge in [-0.1, -0.05) is 19.9 Å². The van der Waals surface area contributed by atoms with Gasteiger partial charge < -0.3 is 14.3 Å². The number of carbonyl (C=O) groups excluding carboxylic acids is 1. The van der Waals surface area contributed by atoms with E-state index in [1.165, 1.54) is 0 Å². The zero-order valence-corrected chi connectivity index (χ0v) is 14.7. The first kappa shape index (κ1) is 16.4. The SMILES string of the molecule is C[C@@]12C[C@@H](c3ccco3)OC(=O)[C@H]1CC[C@@]1(C)C(C(=O)O)=CCC[C@@H]21. The summed E-state index contributed by atoms with van der Waals surface area (Å²) in [4.78, 5) is 24.6. The zero-order chi connectivity index (χ0) is 17.8. The second kappa shape index (κ2) is 5.48. The van der Waals surface area contributed by atoms with Crippen molar-refractivity contribution in [3.8, 4) is 0 Å². The topological polar surface area (TPSA) is 76.7 Å². The third kappa shape index (κ3) is 2.28. The van der Waals surface area contributed by atoms with E-state index in [0.29, 0.717) is 24.2 Å². The lowest BCUT2D eigenvalue weighted by molar-refractivity contribution is -0.192. The molecule has 1 saturated carbocycles. The van der Waals surface area contributed by atoms with Gasteiger partial charge in [0.15, 0.2) is 6.10 Å². The predicted octanol–water partition coefficient (Wildman–Crippen LogP) is 4.11. The van der Waals surface area contributed by atoms with Gasteiger partial charge in [-0.2, -0.15) is 0 Å². The number of carbonyl (C=O) groups is 2. The van der Waals surface area contributed by atoms with Crippen LogP contribution in [0.15, 0.2) is 34.5 Å². The average Bonchev–Trinajstić information content (AvgIpc) is 3.07. The van der Waals surface area contributed by atoms with Crippen molar-refractivity contribution in [1.82, 2.24) is 0 Å². The van der Waals surface area contributed by atoms with Crippen molar-refractivity contribution in [2.75, 3.05) is 0 Å². The van der Waals surface area contributed by atoms with E-state index in [4.69, 9.17) is 9.15 Å². The fourth-order valence-electron chi connectivity index (χ4n) is 5.82. The first-order valence-electron chi connectivity index (χ1n) is 9.04. The molecule has 5 atom stereocenters. The van der Waals surface area contributed by atoms with E-state index < -0.39 is 5.97 Å². The van der Waals surface area contributed by atoms with Crippen molar-refractivity contribution in [1.29, 1.82) is 0 Å². The fourth-order valence-corrected chi connectivity index (χ4v) is 5.82. The van der Waals surface area contributed by atoms with Gasteiger partial charge in [-0.15, -0.1) is 0 Å². The molecular formula is C20H24O5. The molecule has 0 bridgehead atoms. The number of hydrogen-bond donors (Lipinski definition) is 1. The van der Waals surface area contributed by atoms with Gasteiger partial charge in [-0.25, -0.2) is 4.79 Å². The molecular weight excluding hydrogens is 320 g/mol. The number of carboxylic acids is 1. The Labute approximate surface area is 147 Å². The maximum atomic E-state index is 12.7. The summed E-state index contributed by atoms with van der Waals surface area (Å²) >= 11 is 0. The highest BCUT2D eigenvalue weighted by molar-refractivity contribution is 5.88. The van der Waals surface area contributed by atoms with E-state index in [1.807, 2.05) is 12.1 Å². The summed E-state index contributed by atoms with van der Waals surface area (Å²) in [7, 11) is 0. The molecule has 1 aliphatic heterocycles. The number of ether oxygens (including phenoxy) is 1. The quantitative estimate of drug-likeness (QED) is 0.817. The van der Waals surface area contributed by atoms with Crippen molar-refractivity contribution < 1.29 is 23.8 Å². The van der Waals surface area contributed by atoms with Crippen LogP contribution in [0.5, 0.6) is 0 Å². The van der Waals surface area contributed by atoms with Gasteiger partial charge in [0.05, 0.1) is 12.2 Å². The van der Waals surface area contributed by atoms with E-state index in [9.17, 15) is 14.7 Å². The molecule has 2 heterocycles. The molecule has 4 rings (SSSR count). The minimum Gasteiger partial charge on any atom is -0.478 e. The Morgan fingerprint density at radius 1 is 1.32 bits per heavy atom. The van der Waals surface area contributed by atoms with Crippen LogP contribution in [0, 0.1) is 22.7 Å². The van der Waals surface area contributed by atoms with Gasteiger partial charge in [-0.05, 0) is 55.6 Å².